The molecule has 0 fully saturated rings. The zero-order valence-electron chi connectivity index (χ0n) is 3.51. The van der Waals surface area contributed by atoms with E-state index in [1.807, 2.05) is 0 Å². The number of hydrogen-bond donors (Lipinski definition) is 3. The van der Waals surface area contributed by atoms with E-state index >= 15 is 0 Å². The average Bonchev–Trinajstić information content (AvgIpc) is 1.35. The van der Waals surface area contributed by atoms with Gasteiger partial charge in [0.2, 0.25) is 0 Å². The zero-order valence-corrected chi connectivity index (χ0v) is 4.40. The molecular weight excluding hydrogens is 101 g/mol. The Labute approximate surface area is 36.4 Å². The fraction of sp³-hybridized carbons (Fsp3) is 1.00. The molecular formula is CH8N3OP. The molecule has 0 aliphatic heterocycles. The fourth-order valence-corrected chi connectivity index (χ4v) is 0. The predicted octanol–water partition coefficient (Wildman–Crippen LogP) is -0.769. The Morgan fingerprint density at radius 1 is 1.67 bits per heavy atom. The van der Waals surface area contributed by atoms with Gasteiger partial charge in [0, 0.05) is 0 Å². The summed E-state index contributed by atoms with van der Waals surface area (Å²) in [4.78, 5) is 0. The summed E-state index contributed by atoms with van der Waals surface area (Å²) in [6.45, 7) is 0. The molecule has 0 saturated heterocycles. The molecule has 5 N–H and O–H groups in total. The summed E-state index contributed by atoms with van der Waals surface area (Å²) in [6, 6.07) is 0. The third-order valence-corrected chi connectivity index (χ3v) is 1.05. The van der Waals surface area contributed by atoms with Gasteiger partial charge < -0.3 is 0 Å². The van der Waals surface area contributed by atoms with Gasteiger partial charge in [-0.2, -0.15) is 0 Å². The molecule has 0 unspecified atom stereocenters. The smallest absolute Gasteiger partial charge is 0.271 e. The van der Waals surface area contributed by atoms with E-state index in [1.54, 1.807) is 0 Å². The lowest BCUT2D eigenvalue weighted by Crippen LogP contribution is -2.17. The van der Waals surface area contributed by atoms with Gasteiger partial charge in [-0.25, -0.2) is 5.09 Å². The second-order valence-corrected chi connectivity index (χ2v) is 2.80. The topological polar surface area (TPSA) is 81.1 Å². The molecule has 0 saturated carbocycles. The highest BCUT2D eigenvalue weighted by atomic mass is 31.2. The number of rotatable bonds is 1. The minimum absolute atomic E-state index is 1.45. The van der Waals surface area contributed by atoms with Crippen molar-refractivity contribution in [1.82, 2.24) is 5.09 Å². The van der Waals surface area contributed by atoms with Crippen molar-refractivity contribution in [3.63, 3.8) is 0 Å². The second-order valence-electron chi connectivity index (χ2n) is 0.933. The van der Waals surface area contributed by atoms with Crippen molar-refractivity contribution in [1.29, 1.82) is 0 Å². The molecule has 0 heterocycles. The summed E-state index contributed by atoms with van der Waals surface area (Å²) < 4.78 is 10.0. The van der Waals surface area contributed by atoms with E-state index in [2.05, 4.69) is 5.09 Å². The van der Waals surface area contributed by atoms with Gasteiger partial charge in [-0.1, -0.05) is 0 Å². The third kappa shape index (κ3) is 4.11. The molecule has 0 amide bonds. The lowest BCUT2D eigenvalue weighted by Gasteiger charge is -1.98. The molecule has 4 nitrogen and oxygen atoms in total. The van der Waals surface area contributed by atoms with Crippen LogP contribution in [0.5, 0.6) is 0 Å². The predicted molar refractivity (Wildman–Crippen MR) is 25.0 cm³/mol. The molecule has 38 valence electrons. The van der Waals surface area contributed by atoms with Gasteiger partial charge in [-0.3, -0.25) is 15.6 Å². The van der Waals surface area contributed by atoms with Crippen molar-refractivity contribution in [2.24, 2.45) is 11.0 Å². The Balaban J connectivity index is 3.48. The highest BCUT2D eigenvalue weighted by Gasteiger charge is 1.98. The second kappa shape index (κ2) is 1.71. The van der Waals surface area contributed by atoms with Crippen molar-refractivity contribution in [3.05, 3.63) is 0 Å². The van der Waals surface area contributed by atoms with Crippen LogP contribution in [0.15, 0.2) is 0 Å². The van der Waals surface area contributed by atoms with Crippen molar-refractivity contribution < 1.29 is 4.57 Å². The molecule has 6 heavy (non-hydrogen) atoms. The largest absolute Gasteiger partial charge is 0.273 e. The minimum atomic E-state index is -2.90. The van der Waals surface area contributed by atoms with Crippen LogP contribution in [0.1, 0.15) is 0 Å². The van der Waals surface area contributed by atoms with E-state index < -0.39 is 7.59 Å². The quantitative estimate of drug-likeness (QED) is 0.386. The monoisotopic (exact) mass is 109 g/mol. The molecule has 0 aromatic carbocycles. The van der Waals surface area contributed by atoms with Gasteiger partial charge in [0.15, 0.2) is 0 Å². The Hall–Kier alpha value is 0.110. The summed E-state index contributed by atoms with van der Waals surface area (Å²) in [7, 11) is -1.45. The zero-order chi connectivity index (χ0) is 5.21. The maximum atomic E-state index is 10.0. The third-order valence-electron chi connectivity index (χ3n) is 0.349. The summed E-state index contributed by atoms with van der Waals surface area (Å²) in [6.07, 6.45) is 0. The summed E-state index contributed by atoms with van der Waals surface area (Å²) in [5.74, 6) is 0. The molecule has 0 spiro atoms. The minimum Gasteiger partial charge on any atom is -0.271 e. The van der Waals surface area contributed by atoms with Crippen molar-refractivity contribution in [2.45, 2.75) is 0 Å². The van der Waals surface area contributed by atoms with Crippen LogP contribution in [-0.4, -0.2) is 7.05 Å². The summed E-state index contributed by atoms with van der Waals surface area (Å²) >= 11 is 0. The van der Waals surface area contributed by atoms with Crippen LogP contribution in [0.3, 0.4) is 0 Å². The Morgan fingerprint density at radius 2 is 1.83 bits per heavy atom. The van der Waals surface area contributed by atoms with Crippen molar-refractivity contribution >= 4 is 7.59 Å². The maximum absolute atomic E-state index is 10.0. The molecule has 0 radical (unpaired) electrons. The van der Waals surface area contributed by atoms with Crippen LogP contribution in [0, 0.1) is 0 Å². The highest BCUT2D eigenvalue weighted by molar-refractivity contribution is 7.56. The molecule has 0 aromatic rings. The Bertz CT molecular complexity index is 74.9. The van der Waals surface area contributed by atoms with E-state index in [9.17, 15) is 4.57 Å². The summed E-state index contributed by atoms with van der Waals surface area (Å²) in [5.41, 5.74) is 9.51. The molecule has 0 rings (SSSR count). The first kappa shape index (κ1) is 6.11. The van der Waals surface area contributed by atoms with Gasteiger partial charge in [-0.15, -0.1) is 0 Å². The molecule has 0 aromatic heterocycles. The molecule has 0 aliphatic carbocycles. The molecule has 0 atom stereocenters. The Morgan fingerprint density at radius 3 is 1.83 bits per heavy atom. The number of hydrogen-bond acceptors (Lipinski definition) is 1. The van der Waals surface area contributed by atoms with Gasteiger partial charge >= 0.3 is 0 Å². The highest BCUT2D eigenvalue weighted by Crippen LogP contribution is 2.13. The Kier molecular flexibility index (Phi) is 1.74. The molecule has 5 heteroatoms. The van der Waals surface area contributed by atoms with Crippen molar-refractivity contribution in [3.8, 4) is 0 Å². The van der Waals surface area contributed by atoms with Crippen LogP contribution in [0.2, 0.25) is 0 Å². The van der Waals surface area contributed by atoms with Crippen LogP contribution >= 0.6 is 7.59 Å². The standard InChI is InChI=1S/CH8N3OP/c1-4-6(2,3)5/h1H3,(H5,2,3,4,5). The van der Waals surface area contributed by atoms with E-state index in [0.29, 0.717) is 0 Å². The summed E-state index contributed by atoms with van der Waals surface area (Å²) in [5, 5.41) is 2.22. The van der Waals surface area contributed by atoms with E-state index in [4.69, 9.17) is 11.0 Å². The first-order valence-electron chi connectivity index (χ1n) is 1.42. The van der Waals surface area contributed by atoms with Gasteiger partial charge in [-0.05, 0) is 7.05 Å². The normalized spacial score (nSPS) is 11.8. The first-order valence-corrected chi connectivity index (χ1v) is 3.27. The lowest BCUT2D eigenvalue weighted by molar-refractivity contribution is 0.571. The van der Waals surface area contributed by atoms with Crippen LogP contribution in [0.4, 0.5) is 0 Å². The van der Waals surface area contributed by atoms with Crippen molar-refractivity contribution in [2.75, 3.05) is 7.05 Å². The van der Waals surface area contributed by atoms with E-state index in [-0.39, 0.29) is 0 Å². The SMILES string of the molecule is CNP(N)(N)=O. The number of nitrogens with one attached hydrogen (secondary N) is 1. The maximum Gasteiger partial charge on any atom is 0.273 e. The van der Waals surface area contributed by atoms with Crippen LogP contribution in [0.25, 0.3) is 0 Å². The molecule has 0 bridgehead atoms. The fourth-order valence-electron chi connectivity index (χ4n) is 0. The van der Waals surface area contributed by atoms with Gasteiger partial charge in [0.05, 0.1) is 0 Å². The van der Waals surface area contributed by atoms with Gasteiger partial charge in [0.1, 0.15) is 0 Å². The lowest BCUT2D eigenvalue weighted by atomic mass is 11.6. The number of nitrogens with two attached hydrogens (primary N) is 2. The first-order chi connectivity index (χ1) is 2.56. The van der Waals surface area contributed by atoms with Gasteiger partial charge in [0.25, 0.3) is 7.59 Å². The van der Waals surface area contributed by atoms with Crippen LogP contribution in [-0.2, 0) is 4.57 Å². The van der Waals surface area contributed by atoms with E-state index in [1.165, 1.54) is 7.05 Å². The van der Waals surface area contributed by atoms with Crippen LogP contribution < -0.4 is 16.1 Å². The molecule has 0 aliphatic rings. The average molecular weight is 109 g/mol. The van der Waals surface area contributed by atoms with E-state index in [0.717, 1.165) is 0 Å².